The van der Waals surface area contributed by atoms with Crippen LogP contribution >= 0.6 is 0 Å². The first-order valence-corrected chi connectivity index (χ1v) is 27.0. The predicted molar refractivity (Wildman–Crippen MR) is 293 cm³/mol. The van der Waals surface area contributed by atoms with E-state index in [4.69, 9.17) is 23.7 Å². The number of methoxy groups -OCH3 is 1. The number of unbranched alkanes of at least 4 members (excludes halogenated alkanes) is 2. The van der Waals surface area contributed by atoms with E-state index in [2.05, 4.69) is 36.1 Å². The summed E-state index contributed by atoms with van der Waals surface area (Å²) < 4.78 is 30.9. The van der Waals surface area contributed by atoms with Gasteiger partial charge in [-0.15, -0.1) is 0 Å². The van der Waals surface area contributed by atoms with Crippen LogP contribution in [0.25, 0.3) is 28.0 Å². The number of fused-ring (bicyclic) bond motifs is 3. The second-order valence-corrected chi connectivity index (χ2v) is 21.0. The van der Waals surface area contributed by atoms with E-state index in [0.717, 1.165) is 73.0 Å². The first kappa shape index (κ1) is 50.6. The maximum absolute atomic E-state index is 14.8. The molecule has 10 nitrogen and oxygen atoms in total. The Balaban J connectivity index is 0.939. The number of anilines is 2. The minimum absolute atomic E-state index is 0.181. The van der Waals surface area contributed by atoms with Crippen molar-refractivity contribution in [2.24, 2.45) is 23.7 Å². The molecule has 3 fully saturated rings. The van der Waals surface area contributed by atoms with Gasteiger partial charge in [-0.3, -0.25) is 4.79 Å². The quantitative estimate of drug-likeness (QED) is 0.0561. The van der Waals surface area contributed by atoms with Crippen molar-refractivity contribution >= 4 is 46.1 Å². The van der Waals surface area contributed by atoms with Crippen LogP contribution in [0.1, 0.15) is 121 Å². The third kappa shape index (κ3) is 10.7. The Morgan fingerprint density at radius 1 is 0.703 bits per heavy atom. The molecule has 0 spiro atoms. The number of carbonyl (C=O) groups excluding carboxylic acids is 3. The lowest BCUT2D eigenvalue weighted by atomic mass is 9.68. The third-order valence-corrected chi connectivity index (χ3v) is 16.3. The van der Waals surface area contributed by atoms with Crippen LogP contribution in [-0.4, -0.2) is 65.4 Å². The van der Waals surface area contributed by atoms with Gasteiger partial charge in [0, 0.05) is 54.9 Å². The summed E-state index contributed by atoms with van der Waals surface area (Å²) in [7, 11) is 5.14. The Bertz CT molecular complexity index is 2970. The first-order valence-electron chi connectivity index (χ1n) is 27.0. The summed E-state index contributed by atoms with van der Waals surface area (Å²) in [5, 5.41) is 1.32. The average Bonchev–Trinajstić information content (AvgIpc) is 3.45. The van der Waals surface area contributed by atoms with Crippen molar-refractivity contribution in [3.63, 3.8) is 0 Å². The zero-order chi connectivity index (χ0) is 51.2. The number of nitrogens with zero attached hydrogens (tertiary/aromatic N) is 2. The fourth-order valence-electron chi connectivity index (χ4n) is 12.1. The lowest BCUT2D eigenvalue weighted by Gasteiger charge is -2.37. The Morgan fingerprint density at radius 2 is 1.38 bits per heavy atom. The van der Waals surface area contributed by atoms with E-state index >= 15 is 0 Å². The molecule has 0 aromatic heterocycles. The first-order chi connectivity index (χ1) is 36.1. The molecule has 0 amide bonds. The summed E-state index contributed by atoms with van der Waals surface area (Å²) in [5.41, 5.74) is 5.05. The summed E-state index contributed by atoms with van der Waals surface area (Å²) in [4.78, 5) is 46.6. The zero-order valence-corrected chi connectivity index (χ0v) is 43.5. The molecule has 2 saturated carbocycles. The molecule has 2 aliphatic carbocycles. The van der Waals surface area contributed by atoms with Crippen molar-refractivity contribution in [1.82, 2.24) is 0 Å². The van der Waals surface area contributed by atoms with Gasteiger partial charge in [0.2, 0.25) is 0 Å². The third-order valence-electron chi connectivity index (χ3n) is 16.3. The summed E-state index contributed by atoms with van der Waals surface area (Å²) in [5.74, 6) is 1.81. The maximum atomic E-state index is 14.8. The van der Waals surface area contributed by atoms with E-state index in [0.29, 0.717) is 63.8 Å². The number of benzene rings is 6. The van der Waals surface area contributed by atoms with Crippen molar-refractivity contribution in [2.75, 3.05) is 57.3 Å². The summed E-state index contributed by atoms with van der Waals surface area (Å²) in [6.07, 6.45) is 18.4. The standard InChI is InChI=1S/C64H70N2O8/c1-5-6-9-14-43-19-21-44(22-20-43)45-23-25-47(26-24-45)61(67)72-52-31-32-53(46-15-10-7-11-16-46)57(41-52)63(69)73-59-40-48-39-56(62(68)70-4)54-33-34-64(49-17-12-8-13-18-49,74-60(54)55(48)42-58(59)65(2)3)50-27-29-51(30-28-50)66-35-37-71-38-36-66/h7-8,10-13,15-18,27-34,39-45,47H,5-6,9,14,19-26,35-38H2,1-4H3/t43-,44-,45-,47-,64?. The molecule has 10 heteroatoms. The molecule has 1 atom stereocenters. The molecule has 1 saturated heterocycles. The van der Waals surface area contributed by atoms with E-state index in [-0.39, 0.29) is 23.2 Å². The van der Waals surface area contributed by atoms with Crippen molar-refractivity contribution in [3.8, 4) is 28.4 Å². The Hall–Kier alpha value is -6.91. The highest BCUT2D eigenvalue weighted by molar-refractivity contribution is 6.06. The van der Waals surface area contributed by atoms with Gasteiger partial charge in [0.25, 0.3) is 0 Å². The predicted octanol–water partition coefficient (Wildman–Crippen LogP) is 13.9. The van der Waals surface area contributed by atoms with E-state index in [1.54, 1.807) is 24.3 Å². The van der Waals surface area contributed by atoms with Crippen LogP contribution in [0.5, 0.6) is 17.2 Å². The van der Waals surface area contributed by atoms with Crippen molar-refractivity contribution < 1.29 is 38.1 Å². The van der Waals surface area contributed by atoms with Gasteiger partial charge in [-0.1, -0.05) is 118 Å². The molecular formula is C64H70N2O8. The van der Waals surface area contributed by atoms with E-state index in [1.165, 1.54) is 58.5 Å². The van der Waals surface area contributed by atoms with Crippen LogP contribution in [0, 0.1) is 23.7 Å². The minimum atomic E-state index is -1.07. The van der Waals surface area contributed by atoms with Gasteiger partial charge in [-0.05, 0) is 133 Å². The lowest BCUT2D eigenvalue weighted by molar-refractivity contribution is -0.140. The molecule has 0 N–H and O–H groups in total. The van der Waals surface area contributed by atoms with E-state index in [9.17, 15) is 14.4 Å². The van der Waals surface area contributed by atoms with Crippen LogP contribution in [0.2, 0.25) is 0 Å². The molecule has 0 radical (unpaired) electrons. The molecular weight excluding hydrogens is 925 g/mol. The van der Waals surface area contributed by atoms with Crippen LogP contribution in [0.15, 0.2) is 127 Å². The van der Waals surface area contributed by atoms with Crippen molar-refractivity contribution in [3.05, 3.63) is 155 Å². The molecule has 6 aromatic carbocycles. The minimum Gasteiger partial charge on any atom is -0.472 e. The zero-order valence-electron chi connectivity index (χ0n) is 43.5. The summed E-state index contributed by atoms with van der Waals surface area (Å²) >= 11 is 0. The highest BCUT2D eigenvalue weighted by Gasteiger charge is 2.40. The molecule has 4 aliphatic rings. The number of rotatable bonds is 15. The fourth-order valence-corrected chi connectivity index (χ4v) is 12.1. The number of hydrogen-bond acceptors (Lipinski definition) is 10. The van der Waals surface area contributed by atoms with Gasteiger partial charge in [0.15, 0.2) is 11.4 Å². The molecule has 10 rings (SSSR count). The average molecular weight is 995 g/mol. The lowest BCUT2D eigenvalue weighted by Crippen LogP contribution is -2.37. The number of carbonyl (C=O) groups is 3. The second-order valence-electron chi connectivity index (χ2n) is 21.0. The van der Waals surface area contributed by atoms with Gasteiger partial charge in [-0.2, -0.15) is 0 Å². The van der Waals surface area contributed by atoms with Crippen LogP contribution in [0.3, 0.4) is 0 Å². The smallest absolute Gasteiger partial charge is 0.344 e. The molecule has 74 heavy (non-hydrogen) atoms. The number of hydrogen-bond donors (Lipinski definition) is 0. The molecule has 2 aliphatic heterocycles. The normalized spacial score (nSPS) is 21.5. The highest BCUT2D eigenvalue weighted by atomic mass is 16.5. The van der Waals surface area contributed by atoms with Crippen LogP contribution in [-0.2, 0) is 19.9 Å². The van der Waals surface area contributed by atoms with E-state index in [1.807, 2.05) is 104 Å². The van der Waals surface area contributed by atoms with Gasteiger partial charge < -0.3 is 33.5 Å². The molecule has 2 heterocycles. The summed E-state index contributed by atoms with van der Waals surface area (Å²) in [6, 6.07) is 38.9. The molecule has 6 aromatic rings. The number of esters is 3. The second kappa shape index (κ2) is 22.7. The number of morpholine rings is 1. The molecule has 384 valence electrons. The highest BCUT2D eigenvalue weighted by Crippen LogP contribution is 2.49. The Morgan fingerprint density at radius 3 is 2.05 bits per heavy atom. The topological polar surface area (TPSA) is 104 Å². The Labute approximate surface area is 436 Å². The molecule has 0 bridgehead atoms. The van der Waals surface area contributed by atoms with Gasteiger partial charge >= 0.3 is 17.9 Å². The largest absolute Gasteiger partial charge is 0.472 e. The number of ether oxygens (including phenoxy) is 5. The van der Waals surface area contributed by atoms with Crippen LogP contribution in [0.4, 0.5) is 11.4 Å². The van der Waals surface area contributed by atoms with E-state index < -0.39 is 17.5 Å². The summed E-state index contributed by atoms with van der Waals surface area (Å²) in [6.45, 7) is 5.28. The Kier molecular flexibility index (Phi) is 15.5. The van der Waals surface area contributed by atoms with Gasteiger partial charge in [0.05, 0.1) is 43.1 Å². The SMILES string of the molecule is CCCCC[C@H]1CC[C@H]([C@H]2CC[C@H](C(=O)Oc3ccc(-c4ccccc4)c(C(=O)Oc4cc5cc(C(=O)OC)c6c(c5cc4N(C)C)OC(c4ccccc4)(c4ccc(N5CCOCC5)cc4)C=C6)c3)CC2)CC1. The molecule has 1 unspecified atom stereocenters. The fraction of sp³-hybridized carbons (Fsp3) is 0.391. The van der Waals surface area contributed by atoms with Gasteiger partial charge in [-0.25, -0.2) is 9.59 Å². The van der Waals surface area contributed by atoms with Crippen molar-refractivity contribution in [1.29, 1.82) is 0 Å². The monoisotopic (exact) mass is 995 g/mol. The van der Waals surface area contributed by atoms with Crippen LogP contribution < -0.4 is 24.0 Å². The van der Waals surface area contributed by atoms with Crippen molar-refractivity contribution in [2.45, 2.75) is 89.6 Å². The maximum Gasteiger partial charge on any atom is 0.344 e. The van der Waals surface area contributed by atoms with Gasteiger partial charge in [0.1, 0.15) is 11.5 Å².